The van der Waals surface area contributed by atoms with Crippen LogP contribution in [0.25, 0.3) is 99.2 Å². The van der Waals surface area contributed by atoms with Gasteiger partial charge in [0.15, 0.2) is 0 Å². The molecule has 2 aromatic heterocycles. The molecule has 3 aliphatic rings. The van der Waals surface area contributed by atoms with Crippen molar-refractivity contribution < 1.29 is 9.31 Å². The van der Waals surface area contributed by atoms with Crippen LogP contribution < -0.4 is 5.46 Å². The number of hydrogen-bond donors (Lipinski definition) is 0. The Morgan fingerprint density at radius 3 is 1.14 bits per heavy atom. The third kappa shape index (κ3) is 10.8. The quantitative estimate of drug-likeness (QED) is 0.111. The van der Waals surface area contributed by atoms with Crippen molar-refractivity contribution >= 4 is 71.9 Å². The van der Waals surface area contributed by atoms with Gasteiger partial charge in [0.25, 0.3) is 0 Å². The molecule has 0 radical (unpaired) electrons. The fourth-order valence-corrected chi connectivity index (χ4v) is 16.6. The van der Waals surface area contributed by atoms with Crippen LogP contribution in [0.3, 0.4) is 0 Å². The number of benzene rings is 14. The summed E-state index contributed by atoms with van der Waals surface area (Å²) >= 11 is 3.27. The van der Waals surface area contributed by atoms with Crippen molar-refractivity contribution in [3.8, 4) is 68.0 Å². The zero-order chi connectivity index (χ0) is 70.7. The molecule has 8 heteroatoms. The van der Waals surface area contributed by atoms with Crippen molar-refractivity contribution in [2.45, 2.75) is 49.7 Å². The van der Waals surface area contributed by atoms with Crippen LogP contribution in [0.1, 0.15) is 83.3 Å². The van der Waals surface area contributed by atoms with Gasteiger partial charge in [-0.1, -0.05) is 301 Å². The van der Waals surface area contributed by atoms with Gasteiger partial charge < -0.3 is 9.31 Å². The minimum absolute atomic E-state index is 0.417. The molecule has 19 rings (SSSR count). The zero-order valence-corrected chi connectivity index (χ0v) is 59.5. The Hall–Kier alpha value is -12.1. The molecule has 0 saturated carbocycles. The number of pyridine rings is 2. The predicted molar refractivity (Wildman–Crippen MR) is 429 cm³/mol. The molecule has 6 nitrogen and oxygen atoms in total. The van der Waals surface area contributed by atoms with Crippen molar-refractivity contribution in [1.82, 2.24) is 9.97 Å². The fraction of sp³-hybridized carbons (Fsp3) is 0.0833. The summed E-state index contributed by atoms with van der Waals surface area (Å²) in [5.74, 6) is 0. The SMILES string of the molecule is CC1(C)OB(c2cccc(-c3nc4ccccc4c4c5c(ccc34)C(c3ccccc3)(c3ccccc3)c3ccccc3-5)c2)OC1(C)C.N#Cc1ccc(-c2cccc(-c3nc4ccccc4c4c5c(ccc34)C(c3ccccc3)(c3ccccc3)c3ccccc3-5)c2)cc1.N#Cc1ccc(Br)cc1. The topological polar surface area (TPSA) is 91.8 Å². The standard InChI is InChI=1S/C45H28N2.C44H36BNO2.C7H4BrN/c46-29-30-22-24-31(25-23-30)32-12-11-13-33(28-32)44-38-26-27-40-43(42(38)37-19-8-10-21-41(37)47-44)36-18-7-9-20-39(36)45(40,34-14-3-1-4-15-34)35-16-5-2-6-17-35;1-42(2)43(3,4)48-45(47-42)32-21-15-16-29(28-32)41-35-26-27-37-40(39(35)34-23-12-14-25-38(34)46-41)33-22-11-13-24-36(33)44(37,30-17-7-5-8-18-30)31-19-9-6-10-20-31;8-7-3-1-6(5-9)2-4-7/h1-28H;5-28H,1-4H3;1-4H. The van der Waals surface area contributed by atoms with Crippen LogP contribution in [0.2, 0.25) is 0 Å². The lowest BCUT2D eigenvalue weighted by atomic mass is 9.67. The van der Waals surface area contributed by atoms with E-state index in [1.807, 2.05) is 42.5 Å². The molecule has 1 aliphatic heterocycles. The molecule has 0 bridgehead atoms. The summed E-state index contributed by atoms with van der Waals surface area (Å²) in [6.07, 6.45) is 0. The van der Waals surface area contributed by atoms with E-state index in [1.54, 1.807) is 12.1 Å². The number of para-hydroxylation sites is 2. The van der Waals surface area contributed by atoms with Gasteiger partial charge in [-0.25, -0.2) is 9.97 Å². The van der Waals surface area contributed by atoms with Crippen molar-refractivity contribution in [3.05, 3.63) is 400 Å². The Labute approximate surface area is 615 Å². The second-order valence-electron chi connectivity index (χ2n) is 27.9. The molecular weight excluding hydrogens is 1330 g/mol. The monoisotopic (exact) mass is 1400 g/mol. The molecule has 0 spiro atoms. The molecule has 0 N–H and O–H groups in total. The number of halogens is 1. The summed E-state index contributed by atoms with van der Waals surface area (Å²) in [5, 5.41) is 24.7. The number of nitriles is 2. The third-order valence-electron chi connectivity index (χ3n) is 21.7. The van der Waals surface area contributed by atoms with Gasteiger partial charge in [-0.3, -0.25) is 0 Å². The second kappa shape index (κ2) is 26.4. The number of aromatic nitrogens is 2. The number of nitrogens with zero attached hydrogens (tertiary/aromatic N) is 4. The molecule has 0 amide bonds. The molecule has 0 atom stereocenters. The first kappa shape index (κ1) is 65.2. The summed E-state index contributed by atoms with van der Waals surface area (Å²) in [7, 11) is -0.449. The molecule has 3 heterocycles. The summed E-state index contributed by atoms with van der Waals surface area (Å²) in [6.45, 7) is 8.38. The summed E-state index contributed by atoms with van der Waals surface area (Å²) in [5.41, 5.74) is 24.0. The van der Waals surface area contributed by atoms with Gasteiger partial charge in [0.1, 0.15) is 0 Å². The van der Waals surface area contributed by atoms with E-state index in [1.165, 1.54) is 77.5 Å². The van der Waals surface area contributed by atoms with Gasteiger partial charge in [-0.2, -0.15) is 10.5 Å². The van der Waals surface area contributed by atoms with E-state index in [-0.39, 0.29) is 0 Å². The van der Waals surface area contributed by atoms with E-state index in [0.29, 0.717) is 11.1 Å². The number of hydrogen-bond acceptors (Lipinski definition) is 6. The van der Waals surface area contributed by atoms with E-state index >= 15 is 0 Å². The Morgan fingerprint density at radius 2 is 0.702 bits per heavy atom. The van der Waals surface area contributed by atoms with Gasteiger partial charge >= 0.3 is 7.12 Å². The lowest BCUT2D eigenvalue weighted by Gasteiger charge is -2.34. The highest BCUT2D eigenvalue weighted by Gasteiger charge is 2.52. The van der Waals surface area contributed by atoms with Crippen LogP contribution in [-0.2, 0) is 20.1 Å². The highest BCUT2D eigenvalue weighted by atomic mass is 79.9. The largest absolute Gasteiger partial charge is 0.494 e. The summed E-state index contributed by atoms with van der Waals surface area (Å²) in [6, 6.07) is 125. The van der Waals surface area contributed by atoms with Crippen molar-refractivity contribution in [3.63, 3.8) is 0 Å². The Kier molecular flexibility index (Phi) is 16.5. The predicted octanol–water partition coefficient (Wildman–Crippen LogP) is 23.0. The molecule has 104 heavy (non-hydrogen) atoms. The average molecular weight is 1400 g/mol. The summed E-state index contributed by atoms with van der Waals surface area (Å²) < 4.78 is 13.9. The van der Waals surface area contributed by atoms with Crippen LogP contribution in [0, 0.1) is 22.7 Å². The Balaban J connectivity index is 0.000000137. The van der Waals surface area contributed by atoms with Crippen LogP contribution in [0.4, 0.5) is 0 Å². The van der Waals surface area contributed by atoms with E-state index in [9.17, 15) is 5.26 Å². The molecule has 1 fully saturated rings. The Morgan fingerprint density at radius 1 is 0.327 bits per heavy atom. The number of fused-ring (bicyclic) bond motifs is 14. The van der Waals surface area contributed by atoms with Crippen LogP contribution in [0.15, 0.2) is 344 Å². The van der Waals surface area contributed by atoms with Crippen molar-refractivity contribution in [2.75, 3.05) is 0 Å². The molecule has 0 unspecified atom stereocenters. The Bertz CT molecular complexity index is 6000. The second-order valence-corrected chi connectivity index (χ2v) is 28.8. The third-order valence-corrected chi connectivity index (χ3v) is 22.2. The van der Waals surface area contributed by atoms with Gasteiger partial charge in [-0.15, -0.1) is 0 Å². The molecule has 14 aromatic carbocycles. The zero-order valence-electron chi connectivity index (χ0n) is 57.9. The van der Waals surface area contributed by atoms with Crippen LogP contribution in [-0.4, -0.2) is 28.3 Å². The lowest BCUT2D eigenvalue weighted by Crippen LogP contribution is -2.41. The van der Waals surface area contributed by atoms with E-state index in [2.05, 4.69) is 341 Å². The fourth-order valence-electron chi connectivity index (χ4n) is 16.3. The van der Waals surface area contributed by atoms with Crippen molar-refractivity contribution in [2.24, 2.45) is 0 Å². The van der Waals surface area contributed by atoms with E-state index in [4.69, 9.17) is 24.5 Å². The van der Waals surface area contributed by atoms with Gasteiger partial charge in [0.2, 0.25) is 0 Å². The normalized spacial score (nSPS) is 14.4. The first-order valence-electron chi connectivity index (χ1n) is 35.3. The first-order valence-corrected chi connectivity index (χ1v) is 36.1. The van der Waals surface area contributed by atoms with Gasteiger partial charge in [0.05, 0.1) is 67.7 Å². The van der Waals surface area contributed by atoms with E-state index in [0.717, 1.165) is 76.2 Å². The van der Waals surface area contributed by atoms with E-state index < -0.39 is 29.2 Å². The summed E-state index contributed by atoms with van der Waals surface area (Å²) in [4.78, 5) is 10.7. The minimum atomic E-state index is -0.470. The molecule has 1 saturated heterocycles. The molecule has 494 valence electrons. The minimum Gasteiger partial charge on any atom is -0.399 e. The smallest absolute Gasteiger partial charge is 0.399 e. The molecule has 16 aromatic rings. The maximum absolute atomic E-state index is 9.31. The highest BCUT2D eigenvalue weighted by molar-refractivity contribution is 9.10. The van der Waals surface area contributed by atoms with Crippen LogP contribution >= 0.6 is 15.9 Å². The van der Waals surface area contributed by atoms with Gasteiger partial charge in [0, 0.05) is 47.9 Å². The first-order chi connectivity index (χ1) is 50.9. The van der Waals surface area contributed by atoms with Gasteiger partial charge in [-0.05, 0) is 166 Å². The maximum Gasteiger partial charge on any atom is 0.494 e. The maximum atomic E-state index is 9.31. The lowest BCUT2D eigenvalue weighted by molar-refractivity contribution is 0.00578. The van der Waals surface area contributed by atoms with Crippen molar-refractivity contribution in [1.29, 1.82) is 10.5 Å². The number of rotatable bonds is 8. The average Bonchev–Trinajstić information content (AvgIpc) is 1.52. The molecule has 2 aliphatic carbocycles. The molecular formula is C96H68BBrN4O2. The highest BCUT2D eigenvalue weighted by Crippen LogP contribution is 2.61. The van der Waals surface area contributed by atoms with Crippen LogP contribution in [0.5, 0.6) is 0 Å².